The van der Waals surface area contributed by atoms with Crippen molar-refractivity contribution in [1.29, 1.82) is 0 Å². The maximum Gasteiger partial charge on any atom is 0.165 e. The van der Waals surface area contributed by atoms with Crippen LogP contribution < -0.4 is 0 Å². The molecule has 4 heteroatoms. The third-order valence-corrected chi connectivity index (χ3v) is 3.83. The highest BCUT2D eigenvalue weighted by Gasteiger charge is 2.12. The highest BCUT2D eigenvalue weighted by atomic mass is 15.4. The fraction of sp³-hybridized carbons (Fsp3) is 0.200. The van der Waals surface area contributed by atoms with Gasteiger partial charge in [-0.05, 0) is 24.0 Å². The van der Waals surface area contributed by atoms with E-state index >= 15 is 0 Å². The summed E-state index contributed by atoms with van der Waals surface area (Å²) in [7, 11) is 3.87. The lowest BCUT2D eigenvalue weighted by Crippen LogP contribution is -2.19. The largest absolute Gasteiger partial charge is 0.301 e. The Morgan fingerprint density at radius 1 is 1.00 bits per heavy atom. The molecule has 0 saturated carbocycles. The average Bonchev–Trinajstić information content (AvgIpc) is 3.13. The normalized spacial score (nSPS) is 11.5. The zero-order valence-corrected chi connectivity index (χ0v) is 14.1. The SMILES string of the molecule is CN(C)/N=C(/c1ccccc1CCc1ccccc1)n1ccnc1. The molecule has 3 aromatic rings. The van der Waals surface area contributed by atoms with Crippen LogP contribution in [0.5, 0.6) is 0 Å². The average molecular weight is 318 g/mol. The molecule has 0 aliphatic rings. The topological polar surface area (TPSA) is 33.4 Å². The summed E-state index contributed by atoms with van der Waals surface area (Å²) in [6.07, 6.45) is 7.47. The lowest BCUT2D eigenvalue weighted by atomic mass is 9.99. The minimum absolute atomic E-state index is 0.890. The van der Waals surface area contributed by atoms with Crippen molar-refractivity contribution in [2.45, 2.75) is 12.8 Å². The quantitative estimate of drug-likeness (QED) is 0.410. The van der Waals surface area contributed by atoms with Gasteiger partial charge in [0.1, 0.15) is 6.33 Å². The minimum Gasteiger partial charge on any atom is -0.301 e. The van der Waals surface area contributed by atoms with Crippen molar-refractivity contribution in [3.8, 4) is 0 Å². The number of hydrogen-bond donors (Lipinski definition) is 0. The van der Waals surface area contributed by atoms with Gasteiger partial charge in [-0.1, -0.05) is 54.6 Å². The summed E-state index contributed by atoms with van der Waals surface area (Å²) in [6.45, 7) is 0. The second-order valence-electron chi connectivity index (χ2n) is 5.88. The molecule has 1 aromatic heterocycles. The van der Waals surface area contributed by atoms with Gasteiger partial charge in [-0.15, -0.1) is 0 Å². The molecule has 4 nitrogen and oxygen atoms in total. The van der Waals surface area contributed by atoms with E-state index < -0.39 is 0 Å². The fourth-order valence-corrected chi connectivity index (χ4v) is 2.70. The Balaban J connectivity index is 1.92. The monoisotopic (exact) mass is 318 g/mol. The molecule has 122 valence electrons. The van der Waals surface area contributed by atoms with Gasteiger partial charge >= 0.3 is 0 Å². The summed E-state index contributed by atoms with van der Waals surface area (Å²) in [5.74, 6) is 0.890. The third kappa shape index (κ3) is 3.90. The number of hydrazone groups is 1. The first kappa shape index (κ1) is 16.0. The first-order chi connectivity index (χ1) is 11.7. The van der Waals surface area contributed by atoms with Gasteiger partial charge in [0.15, 0.2) is 5.84 Å². The minimum atomic E-state index is 0.890. The van der Waals surface area contributed by atoms with Crippen LogP contribution in [0.15, 0.2) is 78.4 Å². The summed E-state index contributed by atoms with van der Waals surface area (Å²) in [4.78, 5) is 4.16. The van der Waals surface area contributed by atoms with E-state index in [1.54, 1.807) is 12.5 Å². The molecule has 0 spiro atoms. The van der Waals surface area contributed by atoms with Crippen molar-refractivity contribution in [3.63, 3.8) is 0 Å². The summed E-state index contributed by atoms with van der Waals surface area (Å²) < 4.78 is 1.96. The Kier molecular flexibility index (Phi) is 5.06. The molecule has 0 radical (unpaired) electrons. The molecule has 0 saturated heterocycles. The molecule has 1 heterocycles. The van der Waals surface area contributed by atoms with Crippen LogP contribution in [-0.2, 0) is 12.8 Å². The molecule has 2 aromatic carbocycles. The molecule has 0 unspecified atom stereocenters. The van der Waals surface area contributed by atoms with Crippen molar-refractivity contribution in [2.75, 3.05) is 14.1 Å². The van der Waals surface area contributed by atoms with Crippen molar-refractivity contribution in [3.05, 3.63) is 90.0 Å². The maximum absolute atomic E-state index is 4.68. The Labute approximate surface area is 143 Å². The van der Waals surface area contributed by atoms with Crippen LogP contribution in [0.25, 0.3) is 0 Å². The molecule has 0 aliphatic carbocycles. The van der Waals surface area contributed by atoms with Crippen molar-refractivity contribution < 1.29 is 0 Å². The molecule has 24 heavy (non-hydrogen) atoms. The number of hydrogen-bond acceptors (Lipinski definition) is 3. The summed E-state index contributed by atoms with van der Waals surface area (Å²) >= 11 is 0. The standard InChI is InChI=1S/C20H22N4/c1-23(2)22-20(24-15-14-21-16-24)19-11-7-6-10-18(19)13-12-17-8-4-3-5-9-17/h3-11,14-16H,12-13H2,1-2H3/b22-20-. The van der Waals surface area contributed by atoms with Gasteiger partial charge in [-0.25, -0.2) is 4.98 Å². The molecule has 0 N–H and O–H groups in total. The molecule has 0 fully saturated rings. The van der Waals surface area contributed by atoms with E-state index in [9.17, 15) is 0 Å². The summed E-state index contributed by atoms with van der Waals surface area (Å²) in [5, 5.41) is 6.50. The first-order valence-electron chi connectivity index (χ1n) is 8.10. The maximum atomic E-state index is 4.68. The number of benzene rings is 2. The van der Waals surface area contributed by atoms with Gasteiger partial charge in [0.05, 0.1) is 0 Å². The zero-order valence-electron chi connectivity index (χ0n) is 14.1. The van der Waals surface area contributed by atoms with E-state index in [1.807, 2.05) is 29.9 Å². The first-order valence-corrected chi connectivity index (χ1v) is 8.10. The highest BCUT2D eigenvalue weighted by Crippen LogP contribution is 2.15. The number of rotatable bonds is 5. The van der Waals surface area contributed by atoms with Crippen LogP contribution in [0.4, 0.5) is 0 Å². The molecule has 0 aliphatic heterocycles. The van der Waals surface area contributed by atoms with Crippen LogP contribution in [0, 0.1) is 0 Å². The smallest absolute Gasteiger partial charge is 0.165 e. The van der Waals surface area contributed by atoms with Crippen molar-refractivity contribution in [1.82, 2.24) is 14.6 Å². The Hall–Kier alpha value is -2.88. The van der Waals surface area contributed by atoms with Gasteiger partial charge in [0.25, 0.3) is 0 Å². The van der Waals surface area contributed by atoms with Crippen LogP contribution in [0.1, 0.15) is 16.7 Å². The lowest BCUT2D eigenvalue weighted by Gasteiger charge is -2.15. The van der Waals surface area contributed by atoms with E-state index in [2.05, 4.69) is 64.7 Å². The number of aryl methyl sites for hydroxylation is 2. The van der Waals surface area contributed by atoms with E-state index in [0.29, 0.717) is 0 Å². The molecular formula is C20H22N4. The van der Waals surface area contributed by atoms with Gasteiger partial charge in [0.2, 0.25) is 0 Å². The molecule has 0 bridgehead atoms. The summed E-state index contributed by atoms with van der Waals surface area (Å²) in [6, 6.07) is 19.0. The van der Waals surface area contributed by atoms with Gasteiger partial charge < -0.3 is 5.01 Å². The predicted octanol–water partition coefficient (Wildman–Crippen LogP) is 3.44. The van der Waals surface area contributed by atoms with Crippen LogP contribution in [0.2, 0.25) is 0 Å². The van der Waals surface area contributed by atoms with Crippen LogP contribution >= 0.6 is 0 Å². The van der Waals surface area contributed by atoms with Gasteiger partial charge in [-0.3, -0.25) is 4.57 Å². The van der Waals surface area contributed by atoms with E-state index in [-0.39, 0.29) is 0 Å². The Morgan fingerprint density at radius 3 is 2.46 bits per heavy atom. The van der Waals surface area contributed by atoms with Crippen molar-refractivity contribution in [2.24, 2.45) is 5.10 Å². The lowest BCUT2D eigenvalue weighted by molar-refractivity contribution is 0.435. The fourth-order valence-electron chi connectivity index (χ4n) is 2.70. The second-order valence-corrected chi connectivity index (χ2v) is 5.88. The Morgan fingerprint density at radius 2 is 1.75 bits per heavy atom. The molecule has 3 rings (SSSR count). The highest BCUT2D eigenvalue weighted by molar-refractivity contribution is 6.01. The molecular weight excluding hydrogens is 296 g/mol. The number of imidazole rings is 1. The van der Waals surface area contributed by atoms with Crippen molar-refractivity contribution >= 4 is 5.84 Å². The van der Waals surface area contributed by atoms with E-state index in [1.165, 1.54) is 11.1 Å². The van der Waals surface area contributed by atoms with Gasteiger partial charge in [0, 0.05) is 32.1 Å². The van der Waals surface area contributed by atoms with Crippen LogP contribution in [0.3, 0.4) is 0 Å². The second kappa shape index (κ2) is 7.59. The number of aromatic nitrogens is 2. The van der Waals surface area contributed by atoms with Gasteiger partial charge in [-0.2, -0.15) is 5.10 Å². The molecule has 0 atom stereocenters. The zero-order chi connectivity index (χ0) is 16.8. The van der Waals surface area contributed by atoms with Crippen LogP contribution in [-0.4, -0.2) is 34.5 Å². The Bertz CT molecular complexity index is 790. The molecule has 0 amide bonds. The summed E-state index contributed by atoms with van der Waals surface area (Å²) in [5.41, 5.74) is 3.77. The predicted molar refractivity (Wildman–Crippen MR) is 98.1 cm³/mol. The third-order valence-electron chi connectivity index (χ3n) is 3.83. The number of nitrogens with zero attached hydrogens (tertiary/aromatic N) is 4. The van der Waals surface area contributed by atoms with E-state index in [0.717, 1.165) is 24.2 Å². The van der Waals surface area contributed by atoms with E-state index in [4.69, 9.17) is 0 Å².